The molecule has 0 aliphatic heterocycles. The second-order valence-electron chi connectivity index (χ2n) is 6.22. The molecular formula is C13H28N2S. The van der Waals surface area contributed by atoms with Gasteiger partial charge in [0, 0.05) is 16.5 Å². The van der Waals surface area contributed by atoms with Gasteiger partial charge >= 0.3 is 0 Å². The van der Waals surface area contributed by atoms with E-state index < -0.39 is 0 Å². The van der Waals surface area contributed by atoms with Gasteiger partial charge in [0.2, 0.25) is 0 Å². The van der Waals surface area contributed by atoms with Crippen molar-refractivity contribution in [3.05, 3.63) is 0 Å². The van der Waals surface area contributed by atoms with E-state index in [0.717, 1.165) is 17.6 Å². The Morgan fingerprint density at radius 2 is 1.81 bits per heavy atom. The lowest BCUT2D eigenvalue weighted by molar-refractivity contribution is 0.242. The Hall–Kier alpha value is 0.270. The molecule has 1 aliphatic carbocycles. The fourth-order valence-electron chi connectivity index (χ4n) is 2.35. The van der Waals surface area contributed by atoms with Crippen molar-refractivity contribution in [2.75, 3.05) is 5.75 Å². The zero-order chi connectivity index (χ0) is 12.2. The van der Waals surface area contributed by atoms with Crippen LogP contribution in [0.2, 0.25) is 0 Å². The highest BCUT2D eigenvalue weighted by Crippen LogP contribution is 2.33. The summed E-state index contributed by atoms with van der Waals surface area (Å²) in [4.78, 5) is 0. The first-order valence-electron chi connectivity index (χ1n) is 6.52. The molecule has 1 fully saturated rings. The van der Waals surface area contributed by atoms with Crippen LogP contribution >= 0.6 is 11.8 Å². The molecule has 0 aromatic rings. The summed E-state index contributed by atoms with van der Waals surface area (Å²) in [5.74, 6) is 8.55. The quantitative estimate of drug-likeness (QED) is 0.589. The van der Waals surface area contributed by atoms with Crippen molar-refractivity contribution in [3.63, 3.8) is 0 Å². The molecule has 1 aliphatic rings. The number of hydrazine groups is 1. The van der Waals surface area contributed by atoms with Crippen LogP contribution in [0.25, 0.3) is 0 Å². The smallest absolute Gasteiger partial charge is 0.0329 e. The third kappa shape index (κ3) is 5.07. The normalized spacial score (nSPS) is 29.1. The molecule has 16 heavy (non-hydrogen) atoms. The summed E-state index contributed by atoms with van der Waals surface area (Å²) in [6.07, 6.45) is 5.45. The van der Waals surface area contributed by atoms with Crippen LogP contribution in [0.1, 0.15) is 53.4 Å². The van der Waals surface area contributed by atoms with E-state index in [4.69, 9.17) is 5.84 Å². The highest BCUT2D eigenvalue weighted by Gasteiger charge is 2.26. The minimum atomic E-state index is 0.344. The van der Waals surface area contributed by atoms with E-state index >= 15 is 0 Å². The van der Waals surface area contributed by atoms with Crippen LogP contribution in [-0.4, -0.2) is 16.5 Å². The highest BCUT2D eigenvalue weighted by molar-refractivity contribution is 8.00. The maximum Gasteiger partial charge on any atom is 0.0329 e. The van der Waals surface area contributed by atoms with Crippen LogP contribution in [0.4, 0.5) is 0 Å². The molecule has 3 heteroatoms. The van der Waals surface area contributed by atoms with Crippen molar-refractivity contribution < 1.29 is 0 Å². The zero-order valence-electron chi connectivity index (χ0n) is 11.3. The Labute approximate surface area is 105 Å². The van der Waals surface area contributed by atoms with Crippen molar-refractivity contribution in [1.82, 2.24) is 5.43 Å². The molecule has 1 unspecified atom stereocenters. The number of nitrogens with one attached hydrogen (secondary N) is 1. The number of thioether (sulfide) groups is 1. The van der Waals surface area contributed by atoms with Crippen LogP contribution in [-0.2, 0) is 0 Å². The largest absolute Gasteiger partial charge is 0.271 e. The molecule has 0 aromatic heterocycles. The minimum absolute atomic E-state index is 0.344. The Bertz CT molecular complexity index is 193. The molecule has 0 bridgehead atoms. The summed E-state index contributed by atoms with van der Waals surface area (Å²) < 4.78 is 0.344. The summed E-state index contributed by atoms with van der Waals surface area (Å²) >= 11 is 2.02. The standard InChI is InChI=1S/C13H28N2S/c1-10-5-7-11(8-6-10)12(15-14)9-16-13(2,3)4/h10-12,15H,5-9,14H2,1-4H3. The SMILES string of the molecule is CC1CCC(C(CSC(C)(C)C)NN)CC1. The predicted octanol–water partition coefficient (Wildman–Crippen LogP) is 3.18. The number of hydrogen-bond donors (Lipinski definition) is 2. The lowest BCUT2D eigenvalue weighted by Crippen LogP contribution is -2.44. The molecule has 0 heterocycles. The summed E-state index contributed by atoms with van der Waals surface area (Å²) in [7, 11) is 0. The molecule has 3 N–H and O–H groups in total. The van der Waals surface area contributed by atoms with Crippen molar-refractivity contribution in [2.45, 2.75) is 64.2 Å². The van der Waals surface area contributed by atoms with Gasteiger partial charge in [-0.2, -0.15) is 11.8 Å². The second kappa shape index (κ2) is 6.27. The molecule has 1 saturated carbocycles. The Morgan fingerprint density at radius 1 is 1.25 bits per heavy atom. The first-order chi connectivity index (χ1) is 7.42. The molecule has 0 aromatic carbocycles. The van der Waals surface area contributed by atoms with Crippen molar-refractivity contribution >= 4 is 11.8 Å². The van der Waals surface area contributed by atoms with Crippen LogP contribution < -0.4 is 11.3 Å². The third-order valence-electron chi connectivity index (χ3n) is 3.54. The van der Waals surface area contributed by atoms with E-state index in [9.17, 15) is 0 Å². The van der Waals surface area contributed by atoms with Crippen molar-refractivity contribution in [3.8, 4) is 0 Å². The first kappa shape index (κ1) is 14.3. The van der Waals surface area contributed by atoms with E-state index in [1.807, 2.05) is 11.8 Å². The molecule has 0 amide bonds. The van der Waals surface area contributed by atoms with Gasteiger partial charge in [-0.3, -0.25) is 11.3 Å². The minimum Gasteiger partial charge on any atom is -0.271 e. The summed E-state index contributed by atoms with van der Waals surface area (Å²) in [5.41, 5.74) is 3.04. The average Bonchev–Trinajstić information content (AvgIpc) is 2.20. The van der Waals surface area contributed by atoms with Gasteiger partial charge in [-0.25, -0.2) is 0 Å². The van der Waals surface area contributed by atoms with Crippen LogP contribution in [0.3, 0.4) is 0 Å². The fraction of sp³-hybridized carbons (Fsp3) is 1.00. The lowest BCUT2D eigenvalue weighted by atomic mass is 9.80. The zero-order valence-corrected chi connectivity index (χ0v) is 12.1. The lowest BCUT2D eigenvalue weighted by Gasteiger charge is -2.33. The van der Waals surface area contributed by atoms with E-state index in [1.54, 1.807) is 0 Å². The maximum absolute atomic E-state index is 5.70. The monoisotopic (exact) mass is 244 g/mol. The molecular weight excluding hydrogens is 216 g/mol. The van der Waals surface area contributed by atoms with Crippen LogP contribution in [0, 0.1) is 11.8 Å². The Morgan fingerprint density at radius 3 is 2.25 bits per heavy atom. The highest BCUT2D eigenvalue weighted by atomic mass is 32.2. The Kier molecular flexibility index (Phi) is 5.62. The van der Waals surface area contributed by atoms with E-state index in [2.05, 4.69) is 33.1 Å². The van der Waals surface area contributed by atoms with Gasteiger partial charge < -0.3 is 0 Å². The van der Waals surface area contributed by atoms with E-state index in [1.165, 1.54) is 25.7 Å². The fourth-order valence-corrected chi connectivity index (χ4v) is 3.40. The number of nitrogens with two attached hydrogens (primary N) is 1. The summed E-state index contributed by atoms with van der Waals surface area (Å²) in [5, 5.41) is 0. The van der Waals surface area contributed by atoms with Gasteiger partial charge in [0.05, 0.1) is 0 Å². The molecule has 0 radical (unpaired) electrons. The molecule has 1 atom stereocenters. The number of rotatable bonds is 4. The average molecular weight is 244 g/mol. The van der Waals surface area contributed by atoms with Gasteiger partial charge in [0.25, 0.3) is 0 Å². The second-order valence-corrected chi connectivity index (χ2v) is 8.06. The molecule has 1 rings (SSSR count). The van der Waals surface area contributed by atoms with Gasteiger partial charge in [-0.1, -0.05) is 40.5 Å². The third-order valence-corrected chi connectivity index (χ3v) is 4.93. The topological polar surface area (TPSA) is 38.0 Å². The van der Waals surface area contributed by atoms with E-state index in [-0.39, 0.29) is 0 Å². The van der Waals surface area contributed by atoms with Crippen LogP contribution in [0.5, 0.6) is 0 Å². The van der Waals surface area contributed by atoms with Gasteiger partial charge in [0.15, 0.2) is 0 Å². The van der Waals surface area contributed by atoms with Gasteiger partial charge in [-0.15, -0.1) is 0 Å². The predicted molar refractivity (Wildman–Crippen MR) is 74.4 cm³/mol. The molecule has 2 nitrogen and oxygen atoms in total. The van der Waals surface area contributed by atoms with Gasteiger partial charge in [-0.05, 0) is 24.7 Å². The summed E-state index contributed by atoms with van der Waals surface area (Å²) in [6.45, 7) is 9.18. The Balaban J connectivity index is 2.36. The van der Waals surface area contributed by atoms with Crippen molar-refractivity contribution in [2.24, 2.45) is 17.7 Å². The molecule has 0 spiro atoms. The van der Waals surface area contributed by atoms with Crippen molar-refractivity contribution in [1.29, 1.82) is 0 Å². The van der Waals surface area contributed by atoms with Crippen LogP contribution in [0.15, 0.2) is 0 Å². The van der Waals surface area contributed by atoms with E-state index in [0.29, 0.717) is 10.8 Å². The van der Waals surface area contributed by atoms with Gasteiger partial charge in [0.1, 0.15) is 0 Å². The molecule has 0 saturated heterocycles. The summed E-state index contributed by atoms with van der Waals surface area (Å²) in [6, 6.07) is 0.497. The first-order valence-corrected chi connectivity index (χ1v) is 7.51. The number of hydrogen-bond acceptors (Lipinski definition) is 3. The molecule has 96 valence electrons. The maximum atomic E-state index is 5.70.